The summed E-state index contributed by atoms with van der Waals surface area (Å²) in [4.78, 5) is 4.45. The van der Waals surface area contributed by atoms with Crippen molar-refractivity contribution in [3.8, 4) is 5.75 Å². The van der Waals surface area contributed by atoms with Gasteiger partial charge in [0.25, 0.3) is 0 Å². The third-order valence-corrected chi connectivity index (χ3v) is 3.59. The number of guanidine groups is 1. The minimum Gasteiger partial charge on any atom is -0.491 e. The summed E-state index contributed by atoms with van der Waals surface area (Å²) < 4.78 is 5.66. The number of aliphatic hydroxyl groups is 1. The molecule has 3 N–H and O–H groups in total. The first-order chi connectivity index (χ1) is 11.1. The first kappa shape index (κ1) is 19.6. The Morgan fingerprint density at radius 2 is 2.13 bits per heavy atom. The van der Waals surface area contributed by atoms with Gasteiger partial charge in [0.05, 0.1) is 18.8 Å². The summed E-state index contributed by atoms with van der Waals surface area (Å²) in [6.07, 6.45) is 1.53. The van der Waals surface area contributed by atoms with Gasteiger partial charge in [0.2, 0.25) is 0 Å². The Morgan fingerprint density at radius 3 is 2.78 bits per heavy atom. The molecule has 0 spiro atoms. The van der Waals surface area contributed by atoms with Gasteiger partial charge in [-0.15, -0.1) is 0 Å². The molecule has 0 aliphatic carbocycles. The number of hydrogen-bond acceptors (Lipinski definition) is 4. The van der Waals surface area contributed by atoms with Crippen molar-refractivity contribution in [2.24, 2.45) is 4.99 Å². The quantitative estimate of drug-likeness (QED) is 0.366. The molecule has 1 unspecified atom stereocenters. The molecule has 1 atom stereocenters. The summed E-state index contributed by atoms with van der Waals surface area (Å²) in [6, 6.07) is 7.55. The molecule has 1 aromatic carbocycles. The molecule has 0 bridgehead atoms. The minimum atomic E-state index is -0.651. The van der Waals surface area contributed by atoms with Crippen LogP contribution in [0, 0.1) is 0 Å². The van der Waals surface area contributed by atoms with Crippen molar-refractivity contribution in [2.45, 2.75) is 33.0 Å². The number of thioether (sulfide) groups is 1. The number of aliphatic imine (C=N–C) groups is 1. The van der Waals surface area contributed by atoms with Gasteiger partial charge in [-0.25, -0.2) is 0 Å². The molecule has 0 saturated heterocycles. The fraction of sp³-hybridized carbons (Fsp3) is 0.588. The van der Waals surface area contributed by atoms with Crippen molar-refractivity contribution >= 4 is 17.7 Å². The predicted molar refractivity (Wildman–Crippen MR) is 99.5 cm³/mol. The average molecular weight is 340 g/mol. The van der Waals surface area contributed by atoms with E-state index in [2.05, 4.69) is 21.9 Å². The van der Waals surface area contributed by atoms with Crippen LogP contribution in [0.4, 0.5) is 0 Å². The van der Waals surface area contributed by atoms with E-state index in [0.29, 0.717) is 6.54 Å². The highest BCUT2D eigenvalue weighted by molar-refractivity contribution is 7.98. The molecule has 6 heteroatoms. The van der Waals surface area contributed by atoms with Crippen molar-refractivity contribution in [1.82, 2.24) is 10.6 Å². The third kappa shape index (κ3) is 8.13. The molecular weight excluding hydrogens is 310 g/mol. The van der Waals surface area contributed by atoms with E-state index >= 15 is 0 Å². The second-order valence-electron chi connectivity index (χ2n) is 5.39. The molecule has 0 fully saturated rings. The number of ether oxygens (including phenoxy) is 1. The molecule has 0 aromatic heterocycles. The van der Waals surface area contributed by atoms with Gasteiger partial charge in [-0.1, -0.05) is 12.1 Å². The van der Waals surface area contributed by atoms with Crippen LogP contribution in [0.3, 0.4) is 0 Å². The first-order valence-corrected chi connectivity index (χ1v) is 9.42. The number of rotatable bonds is 9. The fourth-order valence-corrected chi connectivity index (χ4v) is 2.27. The molecule has 1 aromatic rings. The van der Waals surface area contributed by atoms with E-state index in [4.69, 9.17) is 4.74 Å². The first-order valence-electron chi connectivity index (χ1n) is 8.02. The van der Waals surface area contributed by atoms with Crippen LogP contribution >= 0.6 is 11.8 Å². The number of benzene rings is 1. The Kier molecular flexibility index (Phi) is 9.55. The van der Waals surface area contributed by atoms with Crippen molar-refractivity contribution in [2.75, 3.05) is 31.6 Å². The lowest BCUT2D eigenvalue weighted by Gasteiger charge is -2.15. The van der Waals surface area contributed by atoms with Crippen LogP contribution in [0.15, 0.2) is 29.3 Å². The van der Waals surface area contributed by atoms with Crippen LogP contribution in [0.2, 0.25) is 0 Å². The molecule has 0 aliphatic rings. The summed E-state index contributed by atoms with van der Waals surface area (Å²) >= 11 is 1.78. The van der Waals surface area contributed by atoms with Crippen LogP contribution in [-0.4, -0.2) is 48.8 Å². The Morgan fingerprint density at radius 1 is 1.35 bits per heavy atom. The van der Waals surface area contributed by atoms with Gasteiger partial charge in [-0.3, -0.25) is 4.99 Å². The largest absolute Gasteiger partial charge is 0.491 e. The van der Waals surface area contributed by atoms with Crippen LogP contribution in [0.5, 0.6) is 5.75 Å². The smallest absolute Gasteiger partial charge is 0.191 e. The Labute approximate surface area is 143 Å². The van der Waals surface area contributed by atoms with Gasteiger partial charge in [0, 0.05) is 18.8 Å². The zero-order valence-electron chi connectivity index (χ0n) is 14.5. The standard InChI is InChI=1S/C17H29N3O2S/c1-5-18-17(19-9-10-23-4)20-12-16(21)14-7-6-8-15(11-14)22-13(2)3/h6-8,11,13,16,21H,5,9-10,12H2,1-4H3,(H2,18,19,20). The lowest BCUT2D eigenvalue weighted by atomic mass is 10.1. The molecule has 5 nitrogen and oxygen atoms in total. The monoisotopic (exact) mass is 339 g/mol. The summed E-state index contributed by atoms with van der Waals surface area (Å²) in [5, 5.41) is 16.8. The SMILES string of the molecule is CCNC(=NCC(O)c1cccc(OC(C)C)c1)NCCSC. The maximum Gasteiger partial charge on any atom is 0.191 e. The Hall–Kier alpha value is -1.40. The Balaban J connectivity index is 2.64. The van der Waals surface area contributed by atoms with Crippen LogP contribution in [0.1, 0.15) is 32.4 Å². The average Bonchev–Trinajstić information content (AvgIpc) is 2.52. The van der Waals surface area contributed by atoms with E-state index < -0.39 is 6.10 Å². The summed E-state index contributed by atoms with van der Waals surface area (Å²) in [6.45, 7) is 7.93. The summed E-state index contributed by atoms with van der Waals surface area (Å²) in [5.41, 5.74) is 0.812. The van der Waals surface area contributed by atoms with E-state index in [0.717, 1.165) is 36.1 Å². The zero-order valence-corrected chi connectivity index (χ0v) is 15.3. The normalized spacial score (nSPS) is 13.0. The number of nitrogens with one attached hydrogen (secondary N) is 2. The second kappa shape index (κ2) is 11.2. The highest BCUT2D eigenvalue weighted by Gasteiger charge is 2.09. The fourth-order valence-electron chi connectivity index (χ4n) is 1.96. The van der Waals surface area contributed by atoms with E-state index in [-0.39, 0.29) is 6.10 Å². The lowest BCUT2D eigenvalue weighted by Crippen LogP contribution is -2.38. The van der Waals surface area contributed by atoms with E-state index in [1.165, 1.54) is 0 Å². The molecule has 1 rings (SSSR count). The van der Waals surface area contributed by atoms with Crippen molar-refractivity contribution in [3.63, 3.8) is 0 Å². The zero-order chi connectivity index (χ0) is 17.1. The Bertz CT molecular complexity index is 481. The molecular formula is C17H29N3O2S. The van der Waals surface area contributed by atoms with Gasteiger partial charge in [0.15, 0.2) is 5.96 Å². The van der Waals surface area contributed by atoms with Crippen molar-refractivity contribution < 1.29 is 9.84 Å². The topological polar surface area (TPSA) is 65.9 Å². The highest BCUT2D eigenvalue weighted by Crippen LogP contribution is 2.20. The molecule has 0 radical (unpaired) electrons. The number of hydrogen-bond donors (Lipinski definition) is 3. The van der Waals surface area contributed by atoms with Crippen LogP contribution in [0.25, 0.3) is 0 Å². The molecule has 0 heterocycles. The molecule has 0 aliphatic heterocycles. The van der Waals surface area contributed by atoms with Gasteiger partial charge in [0.1, 0.15) is 5.75 Å². The highest BCUT2D eigenvalue weighted by atomic mass is 32.2. The molecule has 130 valence electrons. The predicted octanol–water partition coefficient (Wildman–Crippen LogP) is 2.43. The van der Waals surface area contributed by atoms with E-state index in [1.807, 2.05) is 45.0 Å². The van der Waals surface area contributed by atoms with Crippen molar-refractivity contribution in [3.05, 3.63) is 29.8 Å². The van der Waals surface area contributed by atoms with Crippen LogP contribution in [-0.2, 0) is 0 Å². The van der Waals surface area contributed by atoms with Gasteiger partial charge >= 0.3 is 0 Å². The van der Waals surface area contributed by atoms with Crippen LogP contribution < -0.4 is 15.4 Å². The minimum absolute atomic E-state index is 0.112. The summed E-state index contributed by atoms with van der Waals surface area (Å²) in [5.74, 6) is 2.52. The number of aliphatic hydroxyl groups excluding tert-OH is 1. The van der Waals surface area contributed by atoms with Gasteiger partial charge in [-0.05, 0) is 44.7 Å². The molecule has 0 amide bonds. The third-order valence-electron chi connectivity index (χ3n) is 2.98. The second-order valence-corrected chi connectivity index (χ2v) is 6.38. The van der Waals surface area contributed by atoms with E-state index in [1.54, 1.807) is 11.8 Å². The summed E-state index contributed by atoms with van der Waals surface area (Å²) in [7, 11) is 0. The maximum atomic E-state index is 10.3. The number of nitrogens with zero attached hydrogens (tertiary/aromatic N) is 1. The van der Waals surface area contributed by atoms with Crippen molar-refractivity contribution in [1.29, 1.82) is 0 Å². The van der Waals surface area contributed by atoms with E-state index in [9.17, 15) is 5.11 Å². The lowest BCUT2D eigenvalue weighted by molar-refractivity contribution is 0.185. The molecule has 0 saturated carbocycles. The maximum absolute atomic E-state index is 10.3. The van der Waals surface area contributed by atoms with Gasteiger partial charge < -0.3 is 20.5 Å². The van der Waals surface area contributed by atoms with Gasteiger partial charge in [-0.2, -0.15) is 11.8 Å². The molecule has 23 heavy (non-hydrogen) atoms.